The topological polar surface area (TPSA) is 95.3 Å². The van der Waals surface area contributed by atoms with Gasteiger partial charge in [-0.1, -0.05) is 68.1 Å². The molecule has 0 bridgehead atoms. The average molecular weight is 422 g/mol. The van der Waals surface area contributed by atoms with Gasteiger partial charge < -0.3 is 5.73 Å². The van der Waals surface area contributed by atoms with Crippen LogP contribution in [0.15, 0.2) is 64.5 Å². The highest BCUT2D eigenvalue weighted by Crippen LogP contribution is 2.35. The lowest BCUT2D eigenvalue weighted by atomic mass is 10.1. The summed E-state index contributed by atoms with van der Waals surface area (Å²) in [5.41, 5.74) is 7.12. The molecule has 4 rings (SSSR count). The number of thioether (sulfide) groups is 1. The Morgan fingerprint density at radius 2 is 1.77 bits per heavy atom. The fourth-order valence-corrected chi connectivity index (χ4v) is 4.42. The maximum absolute atomic E-state index is 13.1. The van der Waals surface area contributed by atoms with Gasteiger partial charge in [-0.05, 0) is 30.0 Å². The first-order valence-electron chi connectivity index (χ1n) is 9.85. The van der Waals surface area contributed by atoms with Gasteiger partial charge >= 0.3 is 0 Å². The van der Waals surface area contributed by atoms with Gasteiger partial charge in [-0.3, -0.25) is 18.6 Å². The zero-order chi connectivity index (χ0) is 21.3. The molecular weight excluding hydrogens is 398 g/mol. The summed E-state index contributed by atoms with van der Waals surface area (Å²) in [5.74, 6) is 0.455. The van der Waals surface area contributed by atoms with E-state index in [0.29, 0.717) is 34.3 Å². The van der Waals surface area contributed by atoms with E-state index in [1.807, 2.05) is 52.9 Å². The number of aryl methyl sites for hydroxylation is 1. The van der Waals surface area contributed by atoms with E-state index in [9.17, 15) is 9.59 Å². The second-order valence-electron chi connectivity index (χ2n) is 7.59. The molecule has 7 nitrogen and oxygen atoms in total. The Kier molecular flexibility index (Phi) is 5.59. The number of amides is 1. The molecule has 4 aromatic rings. The van der Waals surface area contributed by atoms with Crippen LogP contribution in [-0.2, 0) is 11.3 Å². The van der Waals surface area contributed by atoms with Crippen molar-refractivity contribution in [3.8, 4) is 0 Å². The number of fused-ring (bicyclic) bond motifs is 3. The van der Waals surface area contributed by atoms with E-state index in [-0.39, 0.29) is 5.56 Å². The Labute approximate surface area is 177 Å². The minimum atomic E-state index is -0.617. The van der Waals surface area contributed by atoms with Gasteiger partial charge in [0.2, 0.25) is 11.7 Å². The zero-order valence-electron chi connectivity index (χ0n) is 16.9. The summed E-state index contributed by atoms with van der Waals surface area (Å²) >= 11 is 1.24. The number of hydrogen-bond donors (Lipinski definition) is 1. The van der Waals surface area contributed by atoms with Crippen LogP contribution in [0.25, 0.3) is 16.7 Å². The third-order valence-electron chi connectivity index (χ3n) is 4.99. The summed E-state index contributed by atoms with van der Waals surface area (Å²) in [4.78, 5) is 25.3. The largest absolute Gasteiger partial charge is 0.368 e. The predicted octanol–water partition coefficient (Wildman–Crippen LogP) is 3.41. The van der Waals surface area contributed by atoms with Gasteiger partial charge in [-0.15, -0.1) is 10.2 Å². The Hall–Kier alpha value is -3.13. The lowest BCUT2D eigenvalue weighted by Gasteiger charge is -2.14. The number of para-hydroxylation sites is 1. The quantitative estimate of drug-likeness (QED) is 0.462. The highest BCUT2D eigenvalue weighted by molar-refractivity contribution is 8.00. The summed E-state index contributed by atoms with van der Waals surface area (Å²) in [7, 11) is 0. The smallest absolute Gasteiger partial charge is 0.262 e. The number of benzene rings is 2. The van der Waals surface area contributed by atoms with Crippen molar-refractivity contribution >= 4 is 34.3 Å². The van der Waals surface area contributed by atoms with Crippen molar-refractivity contribution in [2.45, 2.75) is 37.2 Å². The van der Waals surface area contributed by atoms with E-state index in [2.05, 4.69) is 24.0 Å². The maximum atomic E-state index is 13.1. The number of primary amides is 1. The number of carbonyl (C=O) groups excluding carboxylic acids is 1. The third-order valence-corrected chi connectivity index (χ3v) is 6.21. The summed E-state index contributed by atoms with van der Waals surface area (Å²) in [5, 5.41) is 9.14. The average Bonchev–Trinajstić information content (AvgIpc) is 3.16. The Balaban J connectivity index is 1.89. The van der Waals surface area contributed by atoms with Crippen molar-refractivity contribution in [1.29, 1.82) is 0 Å². The van der Waals surface area contributed by atoms with Gasteiger partial charge in [-0.2, -0.15) is 0 Å². The first kappa shape index (κ1) is 20.2. The predicted molar refractivity (Wildman–Crippen MR) is 118 cm³/mol. The molecule has 2 N–H and O–H groups in total. The molecule has 0 aliphatic rings. The molecule has 0 radical (unpaired) electrons. The van der Waals surface area contributed by atoms with E-state index >= 15 is 0 Å². The van der Waals surface area contributed by atoms with E-state index < -0.39 is 11.2 Å². The first-order valence-corrected chi connectivity index (χ1v) is 10.7. The normalized spacial score (nSPS) is 12.6. The van der Waals surface area contributed by atoms with Crippen LogP contribution in [0.1, 0.15) is 31.1 Å². The highest BCUT2D eigenvalue weighted by Gasteiger charge is 2.24. The SMILES string of the molecule is CC(C)CCn1c(=O)c2ccccc2n2c(SC(C(N)=O)c3ccccc3)nnc12. The van der Waals surface area contributed by atoms with Crippen LogP contribution in [0.2, 0.25) is 0 Å². The van der Waals surface area contributed by atoms with Crippen LogP contribution in [0.4, 0.5) is 0 Å². The van der Waals surface area contributed by atoms with Crippen molar-refractivity contribution in [3.63, 3.8) is 0 Å². The number of nitrogens with two attached hydrogens (primary N) is 1. The Morgan fingerprint density at radius 3 is 2.47 bits per heavy atom. The molecule has 0 aliphatic heterocycles. The molecule has 0 spiro atoms. The van der Waals surface area contributed by atoms with Crippen molar-refractivity contribution in [1.82, 2.24) is 19.2 Å². The van der Waals surface area contributed by atoms with Gasteiger partial charge in [0.15, 0.2) is 5.16 Å². The van der Waals surface area contributed by atoms with Crippen LogP contribution < -0.4 is 11.3 Å². The molecule has 0 fully saturated rings. The molecule has 0 saturated heterocycles. The third kappa shape index (κ3) is 3.70. The molecule has 2 aromatic carbocycles. The van der Waals surface area contributed by atoms with Crippen molar-refractivity contribution in [3.05, 3.63) is 70.5 Å². The molecule has 1 amide bonds. The molecule has 2 heterocycles. The Bertz CT molecular complexity index is 1260. The van der Waals surface area contributed by atoms with Crippen LogP contribution in [-0.4, -0.2) is 25.1 Å². The number of carbonyl (C=O) groups is 1. The van der Waals surface area contributed by atoms with Gasteiger partial charge in [0, 0.05) is 6.54 Å². The number of aromatic nitrogens is 4. The van der Waals surface area contributed by atoms with E-state index in [1.165, 1.54) is 11.8 Å². The lowest BCUT2D eigenvalue weighted by molar-refractivity contribution is -0.117. The lowest BCUT2D eigenvalue weighted by Crippen LogP contribution is -2.24. The molecule has 2 aromatic heterocycles. The van der Waals surface area contributed by atoms with Crippen molar-refractivity contribution in [2.75, 3.05) is 0 Å². The van der Waals surface area contributed by atoms with Crippen LogP contribution in [0, 0.1) is 5.92 Å². The minimum absolute atomic E-state index is 0.0859. The van der Waals surface area contributed by atoms with Crippen LogP contribution >= 0.6 is 11.8 Å². The standard InChI is InChI=1S/C22H23N5O2S/c1-14(2)12-13-26-20(29)16-10-6-7-11-17(16)27-21(26)24-25-22(27)30-18(19(23)28)15-8-4-3-5-9-15/h3-11,14,18H,12-13H2,1-2H3,(H2,23,28). The van der Waals surface area contributed by atoms with E-state index in [4.69, 9.17) is 5.73 Å². The molecule has 1 atom stereocenters. The second-order valence-corrected chi connectivity index (χ2v) is 8.66. The minimum Gasteiger partial charge on any atom is -0.368 e. The van der Waals surface area contributed by atoms with E-state index in [1.54, 1.807) is 10.6 Å². The van der Waals surface area contributed by atoms with Crippen molar-refractivity contribution in [2.24, 2.45) is 11.7 Å². The summed E-state index contributed by atoms with van der Waals surface area (Å²) < 4.78 is 3.52. The van der Waals surface area contributed by atoms with Gasteiger partial charge in [0.25, 0.3) is 5.56 Å². The molecule has 0 saturated carbocycles. The van der Waals surface area contributed by atoms with Crippen LogP contribution in [0.3, 0.4) is 0 Å². The first-order chi connectivity index (χ1) is 14.5. The monoisotopic (exact) mass is 421 g/mol. The summed E-state index contributed by atoms with van der Waals surface area (Å²) in [6, 6.07) is 16.7. The fourth-order valence-electron chi connectivity index (χ4n) is 3.42. The summed E-state index contributed by atoms with van der Waals surface area (Å²) in [6.45, 7) is 4.78. The van der Waals surface area contributed by atoms with Gasteiger partial charge in [0.1, 0.15) is 5.25 Å². The fraction of sp³-hybridized carbons (Fsp3) is 0.273. The highest BCUT2D eigenvalue weighted by atomic mass is 32.2. The zero-order valence-corrected chi connectivity index (χ0v) is 17.7. The molecule has 1 unspecified atom stereocenters. The molecule has 0 aliphatic carbocycles. The van der Waals surface area contributed by atoms with Gasteiger partial charge in [-0.25, -0.2) is 0 Å². The van der Waals surface area contributed by atoms with Gasteiger partial charge in [0.05, 0.1) is 10.9 Å². The van der Waals surface area contributed by atoms with E-state index in [0.717, 1.165) is 12.0 Å². The number of nitrogens with zero attached hydrogens (tertiary/aromatic N) is 4. The van der Waals surface area contributed by atoms with Crippen LogP contribution in [0.5, 0.6) is 0 Å². The summed E-state index contributed by atoms with van der Waals surface area (Å²) in [6.07, 6.45) is 0.844. The molecular formula is C22H23N5O2S. The Morgan fingerprint density at radius 1 is 1.07 bits per heavy atom. The van der Waals surface area contributed by atoms with Crippen molar-refractivity contribution < 1.29 is 4.79 Å². The number of rotatable bonds is 7. The maximum Gasteiger partial charge on any atom is 0.262 e. The second kappa shape index (κ2) is 8.31. The molecule has 30 heavy (non-hydrogen) atoms. The molecule has 154 valence electrons. The number of hydrogen-bond acceptors (Lipinski definition) is 5. The molecule has 8 heteroatoms.